The Kier molecular flexibility index (Phi) is 3.97. The second-order valence-electron chi connectivity index (χ2n) is 4.70. The number of nitrogens with one attached hydrogen (secondary N) is 1. The average Bonchev–Trinajstić information content (AvgIpc) is 2.41. The van der Waals surface area contributed by atoms with Crippen LogP contribution in [0.1, 0.15) is 40.2 Å². The van der Waals surface area contributed by atoms with Crippen molar-refractivity contribution in [2.45, 2.75) is 25.7 Å². The van der Waals surface area contributed by atoms with Gasteiger partial charge in [-0.25, -0.2) is 9.18 Å². The molecule has 0 amide bonds. The molecule has 1 fully saturated rings. The Morgan fingerprint density at radius 1 is 1.39 bits per heavy atom. The van der Waals surface area contributed by atoms with Gasteiger partial charge in [0.25, 0.3) is 0 Å². The number of carbonyl (C=O) groups is 1. The first-order valence-corrected chi connectivity index (χ1v) is 6.22. The fraction of sp³-hybridized carbons (Fsp3) is 0.500. The summed E-state index contributed by atoms with van der Waals surface area (Å²) in [6.45, 7) is 3.59. The molecule has 0 spiro atoms. The Balaban J connectivity index is 2.42. The molecule has 0 radical (unpaired) electrons. The predicted molar refractivity (Wildman–Crippen MR) is 67.3 cm³/mol. The summed E-state index contributed by atoms with van der Waals surface area (Å²) in [5, 5.41) is 3.28. The van der Waals surface area contributed by atoms with Crippen LogP contribution in [-0.4, -0.2) is 26.2 Å². The maximum atomic E-state index is 13.6. The van der Waals surface area contributed by atoms with E-state index < -0.39 is 5.97 Å². The van der Waals surface area contributed by atoms with E-state index in [9.17, 15) is 9.18 Å². The molecule has 0 atom stereocenters. The molecule has 1 heterocycles. The van der Waals surface area contributed by atoms with Crippen molar-refractivity contribution in [2.24, 2.45) is 0 Å². The molecule has 1 aromatic rings. The maximum absolute atomic E-state index is 13.6. The van der Waals surface area contributed by atoms with Crippen molar-refractivity contribution in [3.8, 4) is 0 Å². The van der Waals surface area contributed by atoms with Crippen LogP contribution < -0.4 is 5.32 Å². The van der Waals surface area contributed by atoms with Gasteiger partial charge in [0.05, 0.1) is 12.7 Å². The summed E-state index contributed by atoms with van der Waals surface area (Å²) < 4.78 is 18.3. The van der Waals surface area contributed by atoms with Crippen LogP contribution in [0.2, 0.25) is 0 Å². The third-order valence-corrected chi connectivity index (χ3v) is 3.52. The number of methoxy groups -OCH3 is 1. The predicted octanol–water partition coefficient (Wildman–Crippen LogP) is 2.39. The molecule has 98 valence electrons. The van der Waals surface area contributed by atoms with Crippen molar-refractivity contribution < 1.29 is 13.9 Å². The largest absolute Gasteiger partial charge is 0.465 e. The Bertz CT molecular complexity index is 453. The van der Waals surface area contributed by atoms with E-state index in [1.165, 1.54) is 13.2 Å². The lowest BCUT2D eigenvalue weighted by atomic mass is 9.86. The number of piperidine rings is 1. The summed E-state index contributed by atoms with van der Waals surface area (Å²) in [5.74, 6) is -0.504. The van der Waals surface area contributed by atoms with Crippen LogP contribution in [0, 0.1) is 12.7 Å². The Labute approximate surface area is 106 Å². The lowest BCUT2D eigenvalue weighted by Gasteiger charge is -2.25. The van der Waals surface area contributed by atoms with E-state index >= 15 is 0 Å². The first kappa shape index (κ1) is 13.0. The van der Waals surface area contributed by atoms with Gasteiger partial charge in [-0.1, -0.05) is 6.07 Å². The van der Waals surface area contributed by atoms with Gasteiger partial charge in [-0.2, -0.15) is 0 Å². The van der Waals surface area contributed by atoms with Gasteiger partial charge in [-0.05, 0) is 56.0 Å². The molecule has 4 heteroatoms. The first-order valence-electron chi connectivity index (χ1n) is 6.22. The van der Waals surface area contributed by atoms with Gasteiger partial charge in [0, 0.05) is 0 Å². The highest BCUT2D eigenvalue weighted by atomic mass is 19.1. The van der Waals surface area contributed by atoms with E-state index in [2.05, 4.69) is 5.32 Å². The van der Waals surface area contributed by atoms with Crippen LogP contribution in [0.3, 0.4) is 0 Å². The minimum absolute atomic E-state index is 0.305. The summed E-state index contributed by atoms with van der Waals surface area (Å²) >= 11 is 0. The lowest BCUT2D eigenvalue weighted by molar-refractivity contribution is 0.0598. The molecule has 1 aliphatic heterocycles. The van der Waals surface area contributed by atoms with Gasteiger partial charge in [-0.15, -0.1) is 0 Å². The Morgan fingerprint density at radius 2 is 2.06 bits per heavy atom. The standard InChI is InChI=1S/C14H18FNO2/c1-9-7-11(10-3-5-16-6-4-10)12(8-13(9)15)14(17)18-2/h7-8,10,16H,3-6H2,1-2H3. The van der Waals surface area contributed by atoms with E-state index in [0.717, 1.165) is 31.5 Å². The quantitative estimate of drug-likeness (QED) is 0.820. The van der Waals surface area contributed by atoms with Crippen LogP contribution in [0.15, 0.2) is 12.1 Å². The van der Waals surface area contributed by atoms with Crippen molar-refractivity contribution in [2.75, 3.05) is 20.2 Å². The number of aryl methyl sites for hydroxylation is 1. The SMILES string of the molecule is COC(=O)c1cc(F)c(C)cc1C1CCNCC1. The average molecular weight is 251 g/mol. The van der Waals surface area contributed by atoms with Gasteiger partial charge < -0.3 is 10.1 Å². The summed E-state index contributed by atoms with van der Waals surface area (Å²) in [6.07, 6.45) is 1.93. The van der Waals surface area contributed by atoms with E-state index in [4.69, 9.17) is 4.74 Å². The molecule has 1 aliphatic rings. The molecular weight excluding hydrogens is 233 g/mol. The van der Waals surface area contributed by atoms with E-state index in [1.54, 1.807) is 13.0 Å². The fourth-order valence-corrected chi connectivity index (χ4v) is 2.46. The highest BCUT2D eigenvalue weighted by molar-refractivity contribution is 5.91. The number of esters is 1. The summed E-state index contributed by atoms with van der Waals surface area (Å²) in [7, 11) is 1.33. The summed E-state index contributed by atoms with van der Waals surface area (Å²) in [4.78, 5) is 11.7. The minimum atomic E-state index is -0.456. The van der Waals surface area contributed by atoms with E-state index in [0.29, 0.717) is 17.0 Å². The van der Waals surface area contributed by atoms with Crippen LogP contribution in [-0.2, 0) is 4.74 Å². The molecule has 1 saturated heterocycles. The van der Waals surface area contributed by atoms with E-state index in [1.807, 2.05) is 0 Å². The zero-order valence-corrected chi connectivity index (χ0v) is 10.8. The molecule has 1 N–H and O–H groups in total. The van der Waals surface area contributed by atoms with Crippen molar-refractivity contribution in [1.29, 1.82) is 0 Å². The molecule has 2 rings (SSSR count). The Morgan fingerprint density at radius 3 is 2.67 bits per heavy atom. The molecule has 0 saturated carbocycles. The number of ether oxygens (including phenoxy) is 1. The minimum Gasteiger partial charge on any atom is -0.465 e. The molecule has 0 aromatic heterocycles. The maximum Gasteiger partial charge on any atom is 0.338 e. The monoisotopic (exact) mass is 251 g/mol. The highest BCUT2D eigenvalue weighted by Gasteiger charge is 2.23. The number of carbonyl (C=O) groups excluding carboxylic acids is 1. The van der Waals surface area contributed by atoms with Crippen LogP contribution >= 0.6 is 0 Å². The molecule has 0 bridgehead atoms. The third-order valence-electron chi connectivity index (χ3n) is 3.52. The van der Waals surface area contributed by atoms with Crippen molar-refractivity contribution in [3.63, 3.8) is 0 Å². The Hall–Kier alpha value is -1.42. The topological polar surface area (TPSA) is 38.3 Å². The number of hydrogen-bond acceptors (Lipinski definition) is 3. The second-order valence-corrected chi connectivity index (χ2v) is 4.70. The van der Waals surface area contributed by atoms with Gasteiger partial charge in [0.15, 0.2) is 0 Å². The summed E-state index contributed by atoms with van der Waals surface area (Å²) in [6, 6.07) is 3.09. The van der Waals surface area contributed by atoms with Gasteiger partial charge in [0.2, 0.25) is 0 Å². The van der Waals surface area contributed by atoms with Crippen LogP contribution in [0.25, 0.3) is 0 Å². The third kappa shape index (κ3) is 2.53. The van der Waals surface area contributed by atoms with Crippen LogP contribution in [0.4, 0.5) is 4.39 Å². The van der Waals surface area contributed by atoms with Gasteiger partial charge in [-0.3, -0.25) is 0 Å². The molecule has 0 aliphatic carbocycles. The highest BCUT2D eigenvalue weighted by Crippen LogP contribution is 2.30. The zero-order chi connectivity index (χ0) is 13.1. The number of hydrogen-bond donors (Lipinski definition) is 1. The molecule has 3 nitrogen and oxygen atoms in total. The van der Waals surface area contributed by atoms with Crippen LogP contribution in [0.5, 0.6) is 0 Å². The zero-order valence-electron chi connectivity index (χ0n) is 10.8. The fourth-order valence-electron chi connectivity index (χ4n) is 2.46. The number of benzene rings is 1. The molecule has 0 unspecified atom stereocenters. The number of halogens is 1. The van der Waals surface area contributed by atoms with Crippen molar-refractivity contribution >= 4 is 5.97 Å². The molecule has 18 heavy (non-hydrogen) atoms. The van der Waals surface area contributed by atoms with Crippen molar-refractivity contribution in [3.05, 3.63) is 34.6 Å². The van der Waals surface area contributed by atoms with E-state index in [-0.39, 0.29) is 5.82 Å². The van der Waals surface area contributed by atoms with Gasteiger partial charge >= 0.3 is 5.97 Å². The number of rotatable bonds is 2. The smallest absolute Gasteiger partial charge is 0.338 e. The molecular formula is C14H18FNO2. The normalized spacial score (nSPS) is 16.6. The lowest BCUT2D eigenvalue weighted by Crippen LogP contribution is -2.27. The first-order chi connectivity index (χ1) is 8.63. The molecule has 1 aromatic carbocycles. The second kappa shape index (κ2) is 5.48. The van der Waals surface area contributed by atoms with Crippen molar-refractivity contribution in [1.82, 2.24) is 5.32 Å². The van der Waals surface area contributed by atoms with Gasteiger partial charge in [0.1, 0.15) is 5.82 Å². The summed E-state index contributed by atoms with van der Waals surface area (Å²) in [5.41, 5.74) is 1.87.